The lowest BCUT2D eigenvalue weighted by Crippen LogP contribution is -2.50. The van der Waals surface area contributed by atoms with E-state index in [0.29, 0.717) is 25.7 Å². The van der Waals surface area contributed by atoms with Crippen LogP contribution in [-0.2, 0) is 9.53 Å². The van der Waals surface area contributed by atoms with Crippen LogP contribution < -0.4 is 5.32 Å². The minimum Gasteiger partial charge on any atom is -0.395 e. The minimum atomic E-state index is 0.186. The highest BCUT2D eigenvalue weighted by molar-refractivity contribution is 5.76. The van der Waals surface area contributed by atoms with Crippen LogP contribution in [0.1, 0.15) is 6.42 Å². The Hall–Kier alpha value is -0.690. The van der Waals surface area contributed by atoms with Gasteiger partial charge < -0.3 is 20.1 Å². The molecule has 6 heteroatoms. The molecule has 0 aromatic carbocycles. The van der Waals surface area contributed by atoms with E-state index in [-0.39, 0.29) is 12.5 Å². The number of rotatable bonds is 6. The molecule has 0 atom stereocenters. The van der Waals surface area contributed by atoms with Crippen molar-refractivity contribution in [2.24, 2.45) is 0 Å². The predicted octanol–water partition coefficient (Wildman–Crippen LogP) is -1.50. The largest absolute Gasteiger partial charge is 0.395 e. The second kappa shape index (κ2) is 7.04. The standard InChI is InChI=1S/C12H23N3O3/c16-7-6-14-2-4-15(5-3-14)12(17)1-8-18-11-9-13-10-11/h11,13,16H,1-10H2. The number of aliphatic hydroxyl groups excluding tert-OH is 1. The lowest BCUT2D eigenvalue weighted by Gasteiger charge is -2.34. The van der Waals surface area contributed by atoms with Crippen LogP contribution in [-0.4, -0.2) is 85.9 Å². The molecule has 6 nitrogen and oxygen atoms in total. The number of piperazine rings is 1. The van der Waals surface area contributed by atoms with E-state index in [1.54, 1.807) is 0 Å². The van der Waals surface area contributed by atoms with Crippen molar-refractivity contribution < 1.29 is 14.6 Å². The summed E-state index contributed by atoms with van der Waals surface area (Å²) in [6.45, 7) is 6.51. The second-order valence-corrected chi connectivity index (χ2v) is 4.85. The van der Waals surface area contributed by atoms with Gasteiger partial charge in [-0.25, -0.2) is 0 Å². The molecule has 18 heavy (non-hydrogen) atoms. The number of ether oxygens (including phenoxy) is 1. The summed E-state index contributed by atoms with van der Waals surface area (Å²) >= 11 is 0. The summed E-state index contributed by atoms with van der Waals surface area (Å²) in [7, 11) is 0. The molecule has 0 aliphatic carbocycles. The van der Waals surface area contributed by atoms with Crippen LogP contribution in [0.15, 0.2) is 0 Å². The van der Waals surface area contributed by atoms with Crippen LogP contribution in [0.5, 0.6) is 0 Å². The molecule has 0 saturated carbocycles. The van der Waals surface area contributed by atoms with Gasteiger partial charge >= 0.3 is 0 Å². The smallest absolute Gasteiger partial charge is 0.224 e. The Morgan fingerprint density at radius 2 is 2.00 bits per heavy atom. The van der Waals surface area contributed by atoms with Gasteiger partial charge in [0, 0.05) is 45.8 Å². The van der Waals surface area contributed by atoms with Gasteiger partial charge in [0.05, 0.1) is 25.7 Å². The van der Waals surface area contributed by atoms with Gasteiger partial charge in [-0.15, -0.1) is 0 Å². The van der Waals surface area contributed by atoms with Gasteiger partial charge in [-0.3, -0.25) is 9.69 Å². The second-order valence-electron chi connectivity index (χ2n) is 4.85. The van der Waals surface area contributed by atoms with Crippen LogP contribution >= 0.6 is 0 Å². The Bertz CT molecular complexity index is 263. The lowest BCUT2D eigenvalue weighted by molar-refractivity contribution is -0.134. The normalized spacial score (nSPS) is 21.9. The van der Waals surface area contributed by atoms with Gasteiger partial charge in [0.25, 0.3) is 0 Å². The number of amides is 1. The maximum atomic E-state index is 11.9. The van der Waals surface area contributed by atoms with Crippen molar-refractivity contribution >= 4 is 5.91 Å². The van der Waals surface area contributed by atoms with E-state index in [4.69, 9.17) is 9.84 Å². The van der Waals surface area contributed by atoms with Crippen molar-refractivity contribution in [3.8, 4) is 0 Å². The average molecular weight is 257 g/mol. The molecule has 2 aliphatic rings. The molecule has 2 saturated heterocycles. The highest BCUT2D eigenvalue weighted by Gasteiger charge is 2.21. The Morgan fingerprint density at radius 1 is 1.28 bits per heavy atom. The molecule has 2 heterocycles. The number of nitrogens with zero attached hydrogens (tertiary/aromatic N) is 2. The summed E-state index contributed by atoms with van der Waals surface area (Å²) in [6.07, 6.45) is 0.787. The molecule has 0 bridgehead atoms. The number of carbonyl (C=O) groups excluding carboxylic acids is 1. The summed E-state index contributed by atoms with van der Waals surface area (Å²) < 4.78 is 5.55. The number of hydrogen-bond donors (Lipinski definition) is 2. The third kappa shape index (κ3) is 3.91. The van der Waals surface area contributed by atoms with Gasteiger partial charge in [0.15, 0.2) is 0 Å². The molecule has 2 aliphatic heterocycles. The Labute approximate surface area is 108 Å². The Kier molecular flexibility index (Phi) is 5.37. The molecule has 1 amide bonds. The zero-order valence-corrected chi connectivity index (χ0v) is 10.8. The first-order valence-corrected chi connectivity index (χ1v) is 6.73. The summed E-state index contributed by atoms with van der Waals surface area (Å²) in [5.74, 6) is 0.186. The van der Waals surface area contributed by atoms with Crippen LogP contribution in [0.25, 0.3) is 0 Å². The highest BCUT2D eigenvalue weighted by atomic mass is 16.5. The summed E-state index contributed by atoms with van der Waals surface area (Å²) in [4.78, 5) is 16.0. The molecule has 2 fully saturated rings. The van der Waals surface area contributed by atoms with Crippen molar-refractivity contribution in [2.75, 3.05) is 59.0 Å². The predicted molar refractivity (Wildman–Crippen MR) is 67.3 cm³/mol. The monoisotopic (exact) mass is 257 g/mol. The maximum absolute atomic E-state index is 11.9. The van der Waals surface area contributed by atoms with Crippen LogP contribution in [0.4, 0.5) is 0 Å². The zero-order chi connectivity index (χ0) is 12.8. The van der Waals surface area contributed by atoms with E-state index in [2.05, 4.69) is 10.2 Å². The number of β-amino-alcohol motifs (C(OH)–C–C–N with tert-alkyl or cyclic N) is 1. The van der Waals surface area contributed by atoms with Crippen LogP contribution in [0.3, 0.4) is 0 Å². The molecule has 0 unspecified atom stereocenters. The van der Waals surface area contributed by atoms with Gasteiger partial charge in [-0.1, -0.05) is 0 Å². The van der Waals surface area contributed by atoms with E-state index < -0.39 is 0 Å². The third-order valence-corrected chi connectivity index (χ3v) is 3.55. The fourth-order valence-corrected chi connectivity index (χ4v) is 2.21. The number of aliphatic hydroxyl groups is 1. The van der Waals surface area contributed by atoms with Crippen molar-refractivity contribution in [1.29, 1.82) is 0 Å². The zero-order valence-electron chi connectivity index (χ0n) is 10.8. The first-order valence-electron chi connectivity index (χ1n) is 6.73. The highest BCUT2D eigenvalue weighted by Crippen LogP contribution is 2.05. The van der Waals surface area contributed by atoms with Crippen molar-refractivity contribution in [3.05, 3.63) is 0 Å². The molecular formula is C12H23N3O3. The number of nitrogens with one attached hydrogen (secondary N) is 1. The van der Waals surface area contributed by atoms with E-state index >= 15 is 0 Å². The van der Waals surface area contributed by atoms with Gasteiger partial charge in [0.2, 0.25) is 5.91 Å². The number of carbonyl (C=O) groups is 1. The molecule has 0 aromatic rings. The van der Waals surface area contributed by atoms with E-state index in [0.717, 1.165) is 39.3 Å². The molecule has 0 spiro atoms. The third-order valence-electron chi connectivity index (χ3n) is 3.55. The SMILES string of the molecule is O=C(CCOC1CNC1)N1CCN(CCO)CC1. The number of hydrogen-bond acceptors (Lipinski definition) is 5. The van der Waals surface area contributed by atoms with E-state index in [9.17, 15) is 4.79 Å². The van der Waals surface area contributed by atoms with Crippen molar-refractivity contribution in [2.45, 2.75) is 12.5 Å². The molecular weight excluding hydrogens is 234 g/mol. The van der Waals surface area contributed by atoms with Gasteiger partial charge in [0.1, 0.15) is 0 Å². The van der Waals surface area contributed by atoms with Crippen molar-refractivity contribution in [1.82, 2.24) is 15.1 Å². The van der Waals surface area contributed by atoms with Crippen LogP contribution in [0, 0.1) is 0 Å². The quantitative estimate of drug-likeness (QED) is 0.606. The van der Waals surface area contributed by atoms with Crippen molar-refractivity contribution in [3.63, 3.8) is 0 Å². The first kappa shape index (κ1) is 13.7. The summed E-state index contributed by atoms with van der Waals surface area (Å²) in [5.41, 5.74) is 0. The van der Waals surface area contributed by atoms with Gasteiger partial charge in [-0.05, 0) is 0 Å². The summed E-state index contributed by atoms with van der Waals surface area (Å²) in [6, 6.07) is 0. The average Bonchev–Trinajstić information content (AvgIpc) is 2.33. The molecule has 104 valence electrons. The molecule has 2 rings (SSSR count). The molecule has 0 radical (unpaired) electrons. The minimum absolute atomic E-state index is 0.186. The van der Waals surface area contributed by atoms with Crippen LogP contribution in [0.2, 0.25) is 0 Å². The fraction of sp³-hybridized carbons (Fsp3) is 0.917. The molecule has 0 aromatic heterocycles. The van der Waals surface area contributed by atoms with Gasteiger partial charge in [-0.2, -0.15) is 0 Å². The summed E-state index contributed by atoms with van der Waals surface area (Å²) in [5, 5.41) is 12.0. The van der Waals surface area contributed by atoms with E-state index in [1.165, 1.54) is 0 Å². The maximum Gasteiger partial charge on any atom is 0.224 e. The Morgan fingerprint density at radius 3 is 2.56 bits per heavy atom. The first-order chi connectivity index (χ1) is 8.79. The topological polar surface area (TPSA) is 65.0 Å². The lowest BCUT2D eigenvalue weighted by atomic mass is 10.2. The van der Waals surface area contributed by atoms with E-state index in [1.807, 2.05) is 4.90 Å². The molecule has 2 N–H and O–H groups in total. The Balaban J connectivity index is 1.58. The fourth-order valence-electron chi connectivity index (χ4n) is 2.21.